The average molecular weight is 361 g/mol. The molecule has 1 saturated heterocycles. The molecule has 2 atom stereocenters. The summed E-state index contributed by atoms with van der Waals surface area (Å²) >= 11 is 6.93. The molecule has 0 amide bonds. The van der Waals surface area contributed by atoms with Crippen molar-refractivity contribution in [2.24, 2.45) is 0 Å². The zero-order chi connectivity index (χ0) is 15.3. The number of thiophene rings is 1. The maximum atomic E-state index is 12.7. The lowest BCUT2D eigenvalue weighted by atomic mass is 10.0. The normalized spacial score (nSPS) is 25.7. The minimum absolute atomic E-state index is 0.0459. The third-order valence-corrected chi connectivity index (χ3v) is 7.60. The highest BCUT2D eigenvalue weighted by Crippen LogP contribution is 2.34. The Balaban J connectivity index is 1.58. The summed E-state index contributed by atoms with van der Waals surface area (Å²) in [5.74, 6) is 0. The monoisotopic (exact) mass is 360 g/mol. The largest absolute Gasteiger partial charge is 0.368 e. The molecule has 0 saturated carbocycles. The van der Waals surface area contributed by atoms with E-state index in [1.54, 1.807) is 18.3 Å². The molecule has 2 aliphatic rings. The summed E-state index contributed by atoms with van der Waals surface area (Å²) in [7, 11) is -3.51. The molecule has 10 heteroatoms. The van der Waals surface area contributed by atoms with Crippen molar-refractivity contribution in [2.45, 2.75) is 29.4 Å². The zero-order valence-electron chi connectivity index (χ0n) is 11.4. The molecule has 2 aromatic heterocycles. The molecule has 0 radical (unpaired) electrons. The van der Waals surface area contributed by atoms with E-state index in [1.807, 2.05) is 4.68 Å². The van der Waals surface area contributed by atoms with Crippen molar-refractivity contribution < 1.29 is 13.2 Å². The Morgan fingerprint density at radius 3 is 3.05 bits per heavy atom. The molecule has 0 bridgehead atoms. The number of hydrogen-bond donors (Lipinski definition) is 0. The Labute approximate surface area is 136 Å². The van der Waals surface area contributed by atoms with Crippen LogP contribution in [0.1, 0.15) is 18.2 Å². The van der Waals surface area contributed by atoms with E-state index in [9.17, 15) is 8.42 Å². The molecular weight excluding hydrogens is 348 g/mol. The SMILES string of the molecule is O=S(=O)(c1ccc(Cl)s1)N1CC[C@H]2[C@H](C1)OCc1cnnn12. The fraction of sp³-hybridized carbons (Fsp3) is 0.500. The topological polar surface area (TPSA) is 77.3 Å². The molecule has 22 heavy (non-hydrogen) atoms. The van der Waals surface area contributed by atoms with Crippen molar-refractivity contribution in [3.05, 3.63) is 28.4 Å². The minimum atomic E-state index is -3.51. The summed E-state index contributed by atoms with van der Waals surface area (Å²) in [5, 5.41) is 7.99. The van der Waals surface area contributed by atoms with Crippen molar-refractivity contribution in [3.63, 3.8) is 0 Å². The van der Waals surface area contributed by atoms with Gasteiger partial charge in [-0.15, -0.1) is 16.4 Å². The van der Waals surface area contributed by atoms with E-state index < -0.39 is 10.0 Å². The molecule has 2 aliphatic heterocycles. The third kappa shape index (κ3) is 2.28. The van der Waals surface area contributed by atoms with Crippen LogP contribution in [-0.2, 0) is 21.4 Å². The number of halogens is 1. The predicted octanol–water partition coefficient (Wildman–Crippen LogP) is 1.53. The average Bonchev–Trinajstić information content (AvgIpc) is 3.15. The fourth-order valence-electron chi connectivity index (χ4n) is 2.94. The van der Waals surface area contributed by atoms with Crippen LogP contribution in [0.5, 0.6) is 0 Å². The Kier molecular flexibility index (Phi) is 3.50. The van der Waals surface area contributed by atoms with Gasteiger partial charge in [-0.25, -0.2) is 13.1 Å². The Morgan fingerprint density at radius 2 is 2.27 bits per heavy atom. The number of hydrogen-bond acceptors (Lipinski definition) is 6. The molecule has 4 heterocycles. The highest BCUT2D eigenvalue weighted by Gasteiger charge is 2.40. The summed E-state index contributed by atoms with van der Waals surface area (Å²) in [6.07, 6.45) is 2.14. The van der Waals surface area contributed by atoms with Gasteiger partial charge in [0.05, 0.1) is 35.0 Å². The maximum Gasteiger partial charge on any atom is 0.252 e. The van der Waals surface area contributed by atoms with E-state index in [2.05, 4.69) is 10.3 Å². The van der Waals surface area contributed by atoms with E-state index in [0.717, 1.165) is 17.0 Å². The van der Waals surface area contributed by atoms with Gasteiger partial charge in [-0.3, -0.25) is 0 Å². The van der Waals surface area contributed by atoms with Gasteiger partial charge in [-0.05, 0) is 18.6 Å². The Bertz CT molecular complexity index is 803. The van der Waals surface area contributed by atoms with Crippen molar-refractivity contribution in [2.75, 3.05) is 13.1 Å². The standard InChI is InChI=1S/C12H13ClN4O3S2/c13-11-1-2-12(21-11)22(18,19)16-4-3-9-10(6-16)20-7-8-5-14-15-17(8)9/h1-2,5,9-10H,3-4,6-7H2/t9-,10-/m0/s1. The van der Waals surface area contributed by atoms with Crippen molar-refractivity contribution >= 4 is 33.0 Å². The smallest absolute Gasteiger partial charge is 0.252 e. The van der Waals surface area contributed by atoms with Gasteiger partial charge in [0.2, 0.25) is 0 Å². The van der Waals surface area contributed by atoms with Crippen molar-refractivity contribution in [1.82, 2.24) is 19.3 Å². The second kappa shape index (κ2) is 5.27. The first-order valence-corrected chi connectivity index (χ1v) is 9.45. The van der Waals surface area contributed by atoms with Crippen LogP contribution in [0.25, 0.3) is 0 Å². The second-order valence-corrected chi connectivity index (χ2v) is 9.18. The molecule has 7 nitrogen and oxygen atoms in total. The van der Waals surface area contributed by atoms with Crippen molar-refractivity contribution in [1.29, 1.82) is 0 Å². The summed E-state index contributed by atoms with van der Waals surface area (Å²) < 4.78 is 35.2. The van der Waals surface area contributed by atoms with Gasteiger partial charge in [-0.2, -0.15) is 4.31 Å². The van der Waals surface area contributed by atoms with Crippen LogP contribution in [0.15, 0.2) is 22.5 Å². The minimum Gasteiger partial charge on any atom is -0.368 e. The maximum absolute atomic E-state index is 12.7. The predicted molar refractivity (Wildman–Crippen MR) is 80.3 cm³/mol. The molecule has 0 aliphatic carbocycles. The summed E-state index contributed by atoms with van der Waals surface area (Å²) in [5.41, 5.74) is 0.933. The highest BCUT2D eigenvalue weighted by atomic mass is 35.5. The summed E-state index contributed by atoms with van der Waals surface area (Å²) in [6.45, 7) is 1.16. The lowest BCUT2D eigenvalue weighted by molar-refractivity contribution is -0.0543. The molecule has 0 aromatic carbocycles. The Morgan fingerprint density at radius 1 is 1.41 bits per heavy atom. The zero-order valence-corrected chi connectivity index (χ0v) is 13.8. The van der Waals surface area contributed by atoms with Gasteiger partial charge in [0.25, 0.3) is 10.0 Å². The molecule has 4 rings (SSSR count). The number of nitrogens with zero attached hydrogens (tertiary/aromatic N) is 4. The van der Waals surface area contributed by atoms with Crippen LogP contribution in [0.4, 0.5) is 0 Å². The second-order valence-electron chi connectivity index (χ2n) is 5.30. The number of rotatable bonds is 2. The van der Waals surface area contributed by atoms with E-state index in [-0.39, 0.29) is 16.4 Å². The summed E-state index contributed by atoms with van der Waals surface area (Å²) in [6, 6.07) is 3.20. The van der Waals surface area contributed by atoms with E-state index in [0.29, 0.717) is 30.5 Å². The van der Waals surface area contributed by atoms with Crippen LogP contribution in [0.3, 0.4) is 0 Å². The third-order valence-electron chi connectivity index (χ3n) is 4.04. The van der Waals surface area contributed by atoms with Gasteiger partial charge in [-0.1, -0.05) is 16.8 Å². The van der Waals surface area contributed by atoms with Gasteiger partial charge < -0.3 is 4.74 Å². The number of ether oxygens (including phenoxy) is 1. The Hall–Kier alpha value is -1.00. The molecular formula is C12H13ClN4O3S2. The van der Waals surface area contributed by atoms with Crippen LogP contribution in [-0.4, -0.2) is 46.9 Å². The van der Waals surface area contributed by atoms with E-state index in [1.165, 1.54) is 4.31 Å². The highest BCUT2D eigenvalue weighted by molar-refractivity contribution is 7.91. The quantitative estimate of drug-likeness (QED) is 0.811. The lowest BCUT2D eigenvalue weighted by Crippen LogP contribution is -2.50. The fourth-order valence-corrected chi connectivity index (χ4v) is 6.05. The van der Waals surface area contributed by atoms with Crippen LogP contribution < -0.4 is 0 Å². The molecule has 118 valence electrons. The number of piperidine rings is 1. The molecule has 0 spiro atoms. The molecule has 1 fully saturated rings. The number of sulfonamides is 1. The first-order valence-electron chi connectivity index (χ1n) is 6.82. The van der Waals surface area contributed by atoms with Crippen molar-refractivity contribution in [3.8, 4) is 0 Å². The number of aromatic nitrogens is 3. The van der Waals surface area contributed by atoms with Crippen LogP contribution >= 0.6 is 22.9 Å². The van der Waals surface area contributed by atoms with Gasteiger partial charge in [0, 0.05) is 13.1 Å². The number of fused-ring (bicyclic) bond motifs is 3. The summed E-state index contributed by atoms with van der Waals surface area (Å²) in [4.78, 5) is 0. The molecule has 0 unspecified atom stereocenters. The van der Waals surface area contributed by atoms with Gasteiger partial charge >= 0.3 is 0 Å². The first kappa shape index (κ1) is 14.6. The van der Waals surface area contributed by atoms with E-state index >= 15 is 0 Å². The van der Waals surface area contributed by atoms with Crippen LogP contribution in [0.2, 0.25) is 4.34 Å². The first-order chi connectivity index (χ1) is 10.6. The van der Waals surface area contributed by atoms with Crippen LogP contribution in [0, 0.1) is 0 Å². The molecule has 2 aromatic rings. The van der Waals surface area contributed by atoms with Gasteiger partial charge in [0.15, 0.2) is 0 Å². The van der Waals surface area contributed by atoms with Gasteiger partial charge in [0.1, 0.15) is 4.21 Å². The molecule has 0 N–H and O–H groups in total. The lowest BCUT2D eigenvalue weighted by Gasteiger charge is -2.40. The van der Waals surface area contributed by atoms with E-state index in [4.69, 9.17) is 16.3 Å².